The molecule has 0 atom stereocenters. The van der Waals surface area contributed by atoms with Crippen molar-refractivity contribution in [2.45, 2.75) is 0 Å². The Morgan fingerprint density at radius 3 is 2.32 bits per heavy atom. The Bertz CT molecular complexity index is 643. The lowest BCUT2D eigenvalue weighted by molar-refractivity contribution is -0.0592. The molecule has 1 aromatic heterocycles. The van der Waals surface area contributed by atoms with Gasteiger partial charge in [-0.3, -0.25) is 9.59 Å². The molecule has 2 aromatic rings. The number of nitrogens with one attached hydrogen (secondary N) is 1. The minimum Gasteiger partial charge on any atom is -0.339 e. The average molecular weight is 257 g/mol. The molecule has 0 radical (unpaired) electrons. The summed E-state index contributed by atoms with van der Waals surface area (Å²) in [5, 5.41) is 0.440. The minimum atomic E-state index is -0.903. The van der Waals surface area contributed by atoms with E-state index >= 15 is 0 Å². The van der Waals surface area contributed by atoms with Gasteiger partial charge in [0.05, 0.1) is 11.1 Å². The molecule has 1 aliphatic heterocycles. The number of fused-ring (bicyclic) bond motifs is 1. The number of aromatic amines is 1. The number of H-pyrrole nitrogens is 1. The highest BCUT2D eigenvalue weighted by atomic mass is 16.7. The molecule has 1 aromatic carbocycles. The van der Waals surface area contributed by atoms with Gasteiger partial charge in [-0.05, 0) is 12.1 Å². The highest BCUT2D eigenvalue weighted by molar-refractivity contribution is 6.21. The number of amides is 2. The largest absolute Gasteiger partial charge is 0.399 e. The van der Waals surface area contributed by atoms with Crippen LogP contribution in [-0.4, -0.2) is 32.8 Å². The van der Waals surface area contributed by atoms with Gasteiger partial charge in [-0.1, -0.05) is 17.2 Å². The van der Waals surface area contributed by atoms with Gasteiger partial charge < -0.3 is 9.82 Å². The van der Waals surface area contributed by atoms with Crippen molar-refractivity contribution in [1.29, 1.82) is 0 Å². The fourth-order valence-electron chi connectivity index (χ4n) is 1.75. The molecule has 94 valence electrons. The summed E-state index contributed by atoms with van der Waals surface area (Å²) >= 11 is 0. The van der Waals surface area contributed by atoms with Crippen LogP contribution in [0, 0.1) is 0 Å². The number of hydrogen-bond donors (Lipinski definition) is 1. The molecule has 19 heavy (non-hydrogen) atoms. The van der Waals surface area contributed by atoms with Crippen LogP contribution in [-0.2, 0) is 4.84 Å². The van der Waals surface area contributed by atoms with Gasteiger partial charge in [0.1, 0.15) is 0 Å². The fraction of sp³-hybridized carbons (Fsp3) is 0. The Morgan fingerprint density at radius 1 is 1.16 bits per heavy atom. The maximum Gasteiger partial charge on any atom is 0.399 e. The second-order valence-electron chi connectivity index (χ2n) is 3.77. The molecule has 0 saturated carbocycles. The lowest BCUT2D eigenvalue weighted by Crippen LogP contribution is -2.33. The van der Waals surface area contributed by atoms with Crippen molar-refractivity contribution in [1.82, 2.24) is 15.0 Å². The number of aromatic nitrogens is 2. The Morgan fingerprint density at radius 2 is 1.79 bits per heavy atom. The number of nitrogens with zero attached hydrogens (tertiary/aromatic N) is 2. The van der Waals surface area contributed by atoms with Crippen molar-refractivity contribution in [2.75, 3.05) is 0 Å². The Balaban J connectivity index is 1.87. The van der Waals surface area contributed by atoms with Gasteiger partial charge >= 0.3 is 5.97 Å². The van der Waals surface area contributed by atoms with E-state index in [4.69, 9.17) is 4.84 Å². The number of carbonyl (C=O) groups excluding carboxylic acids is 3. The molecule has 3 rings (SSSR count). The van der Waals surface area contributed by atoms with Crippen LogP contribution >= 0.6 is 0 Å². The van der Waals surface area contributed by atoms with E-state index < -0.39 is 17.8 Å². The number of benzene rings is 1. The van der Waals surface area contributed by atoms with E-state index in [-0.39, 0.29) is 17.0 Å². The molecule has 1 aliphatic rings. The van der Waals surface area contributed by atoms with Crippen molar-refractivity contribution in [3.63, 3.8) is 0 Å². The van der Waals surface area contributed by atoms with Gasteiger partial charge in [0.15, 0.2) is 0 Å². The summed E-state index contributed by atoms with van der Waals surface area (Å²) in [4.78, 5) is 46.4. The van der Waals surface area contributed by atoms with E-state index in [1.54, 1.807) is 12.1 Å². The Labute approximate surface area is 106 Å². The van der Waals surface area contributed by atoms with Crippen LogP contribution in [0.1, 0.15) is 31.3 Å². The molecule has 1 N–H and O–H groups in total. The molecule has 0 bridgehead atoms. The van der Waals surface area contributed by atoms with E-state index in [0.717, 1.165) is 0 Å². The van der Waals surface area contributed by atoms with E-state index in [1.807, 2.05) is 0 Å². The zero-order valence-corrected chi connectivity index (χ0v) is 9.49. The predicted molar refractivity (Wildman–Crippen MR) is 60.9 cm³/mol. The smallest absolute Gasteiger partial charge is 0.339 e. The first-order valence-electron chi connectivity index (χ1n) is 5.38. The van der Waals surface area contributed by atoms with Crippen molar-refractivity contribution < 1.29 is 19.2 Å². The second-order valence-corrected chi connectivity index (χ2v) is 3.77. The third kappa shape index (κ3) is 1.68. The molecule has 0 saturated heterocycles. The summed E-state index contributed by atoms with van der Waals surface area (Å²) in [6, 6.07) is 6.25. The maximum absolute atomic E-state index is 11.9. The summed E-state index contributed by atoms with van der Waals surface area (Å²) in [5.41, 5.74) is 0.416. The number of imide groups is 1. The van der Waals surface area contributed by atoms with Crippen LogP contribution in [0.4, 0.5) is 0 Å². The van der Waals surface area contributed by atoms with Gasteiger partial charge in [-0.2, -0.15) is 0 Å². The summed E-state index contributed by atoms with van der Waals surface area (Å²) in [6.07, 6.45) is 2.79. The molecule has 2 amide bonds. The first-order valence-corrected chi connectivity index (χ1v) is 5.38. The third-order valence-electron chi connectivity index (χ3n) is 2.62. The summed E-state index contributed by atoms with van der Waals surface area (Å²) in [5.74, 6) is -2.32. The van der Waals surface area contributed by atoms with Gasteiger partial charge in [-0.15, -0.1) is 0 Å². The molecule has 0 fully saturated rings. The van der Waals surface area contributed by atoms with Gasteiger partial charge in [0.25, 0.3) is 11.8 Å². The average Bonchev–Trinajstić information content (AvgIpc) is 3.03. The summed E-state index contributed by atoms with van der Waals surface area (Å²) < 4.78 is 0. The number of carbonyl (C=O) groups is 3. The molecule has 7 nitrogen and oxygen atoms in total. The molecule has 2 heterocycles. The fourth-order valence-corrected chi connectivity index (χ4v) is 1.75. The Kier molecular flexibility index (Phi) is 2.38. The topological polar surface area (TPSA) is 92.4 Å². The predicted octanol–water partition coefficient (Wildman–Crippen LogP) is 0.778. The van der Waals surface area contributed by atoms with Crippen LogP contribution in [0.5, 0.6) is 0 Å². The maximum atomic E-state index is 11.9. The zero-order valence-electron chi connectivity index (χ0n) is 9.49. The summed E-state index contributed by atoms with van der Waals surface area (Å²) in [7, 11) is 0. The first kappa shape index (κ1) is 11.1. The molecule has 0 aliphatic carbocycles. The minimum absolute atomic E-state index is 0.0865. The number of imidazole rings is 1. The van der Waals surface area contributed by atoms with Crippen LogP contribution in [0.2, 0.25) is 0 Å². The van der Waals surface area contributed by atoms with Crippen molar-refractivity contribution >= 4 is 17.8 Å². The van der Waals surface area contributed by atoms with Crippen LogP contribution in [0.25, 0.3) is 0 Å². The summed E-state index contributed by atoms with van der Waals surface area (Å²) in [6.45, 7) is 0. The standard InChI is InChI=1S/C12H7N3O4/c16-10-7-3-1-2-4-8(7)11(17)15(10)19-12(18)9-13-5-6-14-9/h1-6H,(H,13,14). The van der Waals surface area contributed by atoms with Gasteiger partial charge in [0.2, 0.25) is 5.82 Å². The van der Waals surface area contributed by atoms with Crippen LogP contribution < -0.4 is 0 Å². The SMILES string of the molecule is O=C(ON1C(=O)c2ccccc2C1=O)c1ncc[nH]1. The monoisotopic (exact) mass is 257 g/mol. The van der Waals surface area contributed by atoms with E-state index in [9.17, 15) is 14.4 Å². The quantitative estimate of drug-likeness (QED) is 0.802. The van der Waals surface area contributed by atoms with Crippen molar-refractivity contribution in [3.8, 4) is 0 Å². The number of hydrogen-bond acceptors (Lipinski definition) is 5. The first-order chi connectivity index (χ1) is 9.18. The van der Waals surface area contributed by atoms with Crippen molar-refractivity contribution in [3.05, 3.63) is 53.6 Å². The van der Waals surface area contributed by atoms with E-state index in [0.29, 0.717) is 5.06 Å². The molecular formula is C12H7N3O4. The molecule has 0 spiro atoms. The van der Waals surface area contributed by atoms with Crippen LogP contribution in [0.15, 0.2) is 36.7 Å². The number of hydroxylamine groups is 2. The van der Waals surface area contributed by atoms with Crippen molar-refractivity contribution in [2.24, 2.45) is 0 Å². The van der Waals surface area contributed by atoms with Gasteiger partial charge in [-0.25, -0.2) is 9.78 Å². The van der Waals surface area contributed by atoms with Gasteiger partial charge in [0, 0.05) is 12.4 Å². The van der Waals surface area contributed by atoms with Crippen LogP contribution in [0.3, 0.4) is 0 Å². The lowest BCUT2D eigenvalue weighted by atomic mass is 10.1. The Hall–Kier alpha value is -2.96. The normalized spacial score (nSPS) is 13.6. The van der Waals surface area contributed by atoms with E-state index in [1.165, 1.54) is 24.5 Å². The second kappa shape index (κ2) is 4.05. The van der Waals surface area contributed by atoms with E-state index in [2.05, 4.69) is 9.97 Å². The molecular weight excluding hydrogens is 250 g/mol. The highest BCUT2D eigenvalue weighted by Gasteiger charge is 2.39. The highest BCUT2D eigenvalue weighted by Crippen LogP contribution is 2.22. The molecule has 0 unspecified atom stereocenters. The number of rotatable bonds is 2. The lowest BCUT2D eigenvalue weighted by Gasteiger charge is -2.11. The zero-order chi connectivity index (χ0) is 13.4. The molecule has 7 heteroatoms. The third-order valence-corrected chi connectivity index (χ3v) is 2.62.